The molecule has 19 heteroatoms. The molecule has 0 aromatic carbocycles. The summed E-state index contributed by atoms with van der Waals surface area (Å²) < 4.78 is 68.0. The number of phosphoric ester groups is 2. The van der Waals surface area contributed by atoms with Gasteiger partial charge < -0.3 is 33.8 Å². The number of rotatable bonds is 63. The average Bonchev–Trinajstić information content (AvgIpc) is 3.46. The summed E-state index contributed by atoms with van der Waals surface area (Å²) >= 11 is 0. The molecule has 0 rings (SSSR count). The molecule has 0 radical (unpaired) electrons. The molecule has 83 heavy (non-hydrogen) atoms. The number of aliphatic hydroxyl groups excluding tert-OH is 1. The molecule has 0 aliphatic heterocycles. The van der Waals surface area contributed by atoms with Crippen molar-refractivity contribution < 1.29 is 80.2 Å². The van der Waals surface area contributed by atoms with Crippen LogP contribution in [0.1, 0.15) is 318 Å². The number of carbonyl (C=O) groups is 4. The molecular weight excluding hydrogens is 1100 g/mol. The molecule has 0 saturated carbocycles. The third-order valence-electron chi connectivity index (χ3n) is 15.1. The van der Waals surface area contributed by atoms with Crippen molar-refractivity contribution in [1.29, 1.82) is 0 Å². The first kappa shape index (κ1) is 81.1. The van der Waals surface area contributed by atoms with Crippen molar-refractivity contribution >= 4 is 39.5 Å². The number of unbranched alkanes of at least 4 members (excludes halogenated alkanes) is 32. The predicted octanol–water partition coefficient (Wildman–Crippen LogP) is 17.7. The molecule has 3 unspecified atom stereocenters. The fourth-order valence-electron chi connectivity index (χ4n) is 9.50. The molecule has 0 heterocycles. The highest BCUT2D eigenvalue weighted by molar-refractivity contribution is 7.47. The van der Waals surface area contributed by atoms with Crippen LogP contribution in [0.3, 0.4) is 0 Å². The molecule has 6 atom stereocenters. The number of phosphoric acid groups is 2. The van der Waals surface area contributed by atoms with E-state index < -0.39 is 97.5 Å². The van der Waals surface area contributed by atoms with Crippen LogP contribution < -0.4 is 0 Å². The summed E-state index contributed by atoms with van der Waals surface area (Å²) in [7, 11) is -9.89. The van der Waals surface area contributed by atoms with Crippen molar-refractivity contribution in [2.75, 3.05) is 39.6 Å². The van der Waals surface area contributed by atoms with Gasteiger partial charge >= 0.3 is 39.5 Å². The molecule has 17 nitrogen and oxygen atoms in total. The summed E-state index contributed by atoms with van der Waals surface area (Å²) in [6.07, 6.45) is 38.9. The zero-order valence-corrected chi connectivity index (χ0v) is 55.3. The number of esters is 4. The normalized spacial score (nSPS) is 14.6. The first-order valence-corrected chi connectivity index (χ1v) is 36.5. The number of hydrogen-bond acceptors (Lipinski definition) is 15. The Hall–Kier alpha value is -1.94. The van der Waals surface area contributed by atoms with Crippen molar-refractivity contribution in [2.24, 2.45) is 11.8 Å². The Kier molecular flexibility index (Phi) is 55.2. The minimum atomic E-state index is -4.94. The molecular formula is C64H124O17P2. The third kappa shape index (κ3) is 57.6. The highest BCUT2D eigenvalue weighted by Gasteiger charge is 2.30. The Morgan fingerprint density at radius 1 is 0.349 bits per heavy atom. The van der Waals surface area contributed by atoms with Gasteiger partial charge in [0.05, 0.1) is 26.4 Å². The summed E-state index contributed by atoms with van der Waals surface area (Å²) in [5.74, 6) is -0.652. The summed E-state index contributed by atoms with van der Waals surface area (Å²) in [5, 5.41) is 10.5. The lowest BCUT2D eigenvalue weighted by Crippen LogP contribution is -2.30. The Morgan fingerprint density at radius 3 is 0.916 bits per heavy atom. The van der Waals surface area contributed by atoms with Crippen molar-refractivity contribution in [3.63, 3.8) is 0 Å². The van der Waals surface area contributed by atoms with Gasteiger partial charge in [0.1, 0.15) is 19.3 Å². The fourth-order valence-corrected chi connectivity index (χ4v) is 11.1. The highest BCUT2D eigenvalue weighted by atomic mass is 31.2. The van der Waals surface area contributed by atoms with Crippen LogP contribution in [0.15, 0.2) is 0 Å². The summed E-state index contributed by atoms with van der Waals surface area (Å²) in [5.41, 5.74) is 0. The fraction of sp³-hybridized carbons (Fsp3) is 0.938. The van der Waals surface area contributed by atoms with E-state index in [1.165, 1.54) is 128 Å². The smallest absolute Gasteiger partial charge is 0.462 e. The number of hydrogen-bond donors (Lipinski definition) is 3. The maximum atomic E-state index is 13.0. The minimum Gasteiger partial charge on any atom is -0.462 e. The Bertz CT molecular complexity index is 1630. The molecule has 3 N–H and O–H groups in total. The van der Waals surface area contributed by atoms with Crippen molar-refractivity contribution in [3.05, 3.63) is 0 Å². The molecule has 0 fully saturated rings. The van der Waals surface area contributed by atoms with Crippen LogP contribution >= 0.6 is 15.6 Å². The predicted molar refractivity (Wildman–Crippen MR) is 331 cm³/mol. The minimum absolute atomic E-state index is 0.105. The largest absolute Gasteiger partial charge is 0.472 e. The maximum absolute atomic E-state index is 13.0. The van der Waals surface area contributed by atoms with Gasteiger partial charge in [-0.25, -0.2) is 9.13 Å². The van der Waals surface area contributed by atoms with Gasteiger partial charge in [0, 0.05) is 25.7 Å². The third-order valence-corrected chi connectivity index (χ3v) is 17.0. The molecule has 0 spiro atoms. The van der Waals surface area contributed by atoms with Gasteiger partial charge in [-0.05, 0) is 37.5 Å². The van der Waals surface area contributed by atoms with Crippen LogP contribution in [-0.2, 0) is 65.4 Å². The van der Waals surface area contributed by atoms with Crippen LogP contribution in [0.2, 0.25) is 0 Å². The second-order valence-electron chi connectivity index (χ2n) is 23.9. The Balaban J connectivity index is 5.24. The first-order valence-electron chi connectivity index (χ1n) is 33.5. The van der Waals surface area contributed by atoms with Crippen LogP contribution in [0, 0.1) is 11.8 Å². The van der Waals surface area contributed by atoms with Crippen molar-refractivity contribution in [2.45, 2.75) is 336 Å². The number of aliphatic hydroxyl groups is 1. The van der Waals surface area contributed by atoms with Crippen LogP contribution in [0.4, 0.5) is 0 Å². The second-order valence-corrected chi connectivity index (χ2v) is 26.8. The van der Waals surface area contributed by atoms with Gasteiger partial charge in [-0.2, -0.15) is 0 Å². The second kappa shape index (κ2) is 56.6. The van der Waals surface area contributed by atoms with E-state index in [1.807, 2.05) is 0 Å². The summed E-state index contributed by atoms with van der Waals surface area (Å²) in [6.45, 7) is 9.43. The van der Waals surface area contributed by atoms with E-state index in [1.54, 1.807) is 0 Å². The van der Waals surface area contributed by atoms with Gasteiger partial charge in [0.2, 0.25) is 0 Å². The molecule has 0 bridgehead atoms. The van der Waals surface area contributed by atoms with Crippen LogP contribution in [-0.4, -0.2) is 96.7 Å². The van der Waals surface area contributed by atoms with E-state index in [4.69, 9.17) is 37.0 Å². The van der Waals surface area contributed by atoms with Gasteiger partial charge in [-0.1, -0.05) is 266 Å². The Morgan fingerprint density at radius 2 is 0.614 bits per heavy atom. The molecule has 0 saturated heterocycles. The highest BCUT2D eigenvalue weighted by Crippen LogP contribution is 2.45. The zero-order valence-electron chi connectivity index (χ0n) is 53.5. The van der Waals surface area contributed by atoms with E-state index in [0.29, 0.717) is 25.7 Å². The molecule has 0 aromatic rings. The van der Waals surface area contributed by atoms with E-state index >= 15 is 0 Å². The van der Waals surface area contributed by atoms with E-state index in [-0.39, 0.29) is 25.7 Å². The zero-order chi connectivity index (χ0) is 61.5. The molecule has 492 valence electrons. The van der Waals surface area contributed by atoms with Crippen molar-refractivity contribution in [3.8, 4) is 0 Å². The van der Waals surface area contributed by atoms with Crippen LogP contribution in [0.5, 0.6) is 0 Å². The lowest BCUT2D eigenvalue weighted by molar-refractivity contribution is -0.161. The molecule has 0 aliphatic rings. The van der Waals surface area contributed by atoms with Gasteiger partial charge in [0.25, 0.3) is 0 Å². The van der Waals surface area contributed by atoms with E-state index in [9.17, 15) is 43.2 Å². The first-order chi connectivity index (χ1) is 39.9. The number of carbonyl (C=O) groups excluding carboxylic acids is 4. The molecule has 0 amide bonds. The van der Waals surface area contributed by atoms with Gasteiger partial charge in [-0.15, -0.1) is 0 Å². The standard InChI is InChI=1S/C64H124O17P2/c1-7-10-12-14-16-18-23-27-34-40-46-61(66)74-52-59(80-63(68)48-42-36-28-24-19-17-15-13-11-8-2)54-78-82(70,71)76-50-58(65)51-77-83(72,73)79-55-60(53-75-62(67)47-41-35-31-30-33-39-45-57(6)9-3)81-64(69)49-43-37-29-25-21-20-22-26-32-38-44-56(4)5/h56-60,65H,7-55H2,1-6H3,(H,70,71)(H,72,73)/t57?,58-,59+,60+/m0/s1. The summed E-state index contributed by atoms with van der Waals surface area (Å²) in [4.78, 5) is 72.2. The quantitative estimate of drug-likeness (QED) is 0.0222. The van der Waals surface area contributed by atoms with E-state index in [0.717, 1.165) is 108 Å². The van der Waals surface area contributed by atoms with Gasteiger partial charge in [-0.3, -0.25) is 37.3 Å². The van der Waals surface area contributed by atoms with E-state index in [2.05, 4.69) is 41.5 Å². The summed E-state index contributed by atoms with van der Waals surface area (Å²) in [6, 6.07) is 0. The SMILES string of the molecule is CCCCCCCCCCCCC(=O)OC[C@H](COP(=O)(O)OC[C@H](O)COP(=O)(O)OC[C@@H](COC(=O)CCCCCCCCC(C)CC)OC(=O)CCCCCCCCCCCCC(C)C)OC(=O)CCCCCCCCCCCC. The lowest BCUT2D eigenvalue weighted by atomic mass is 10.00. The topological polar surface area (TPSA) is 237 Å². The lowest BCUT2D eigenvalue weighted by Gasteiger charge is -2.21. The van der Waals surface area contributed by atoms with Crippen molar-refractivity contribution in [1.82, 2.24) is 0 Å². The maximum Gasteiger partial charge on any atom is 0.472 e. The Labute approximate surface area is 505 Å². The van der Waals surface area contributed by atoms with Gasteiger partial charge in [0.15, 0.2) is 12.2 Å². The molecule has 0 aromatic heterocycles. The number of ether oxygens (including phenoxy) is 4. The van der Waals surface area contributed by atoms with Crippen LogP contribution in [0.25, 0.3) is 0 Å². The molecule has 0 aliphatic carbocycles. The monoisotopic (exact) mass is 1230 g/mol. The average molecular weight is 1230 g/mol.